The lowest BCUT2D eigenvalue weighted by Gasteiger charge is -2.12. The fraction of sp³-hybridized carbons (Fsp3) is 0.188. The molecule has 0 amide bonds. The van der Waals surface area contributed by atoms with E-state index in [4.69, 9.17) is 0 Å². The predicted octanol–water partition coefficient (Wildman–Crippen LogP) is 3.07. The summed E-state index contributed by atoms with van der Waals surface area (Å²) in [5.74, 6) is -1.54. The number of aliphatic hydroxyl groups excluding tert-OH is 1. The summed E-state index contributed by atoms with van der Waals surface area (Å²) in [5.41, 5.74) is 1.47. The Balaban J connectivity index is 1.78. The standard InChI is InChI=1S/C16H14F2N4OS/c1-10-4-2-5-11(8-10)22-16(19-20-21-22)24-9-14(23)15-12(17)6-3-7-13(15)18/h2-8,14,23H,9H2,1H3. The summed E-state index contributed by atoms with van der Waals surface area (Å²) in [6.45, 7) is 1.95. The van der Waals surface area contributed by atoms with Crippen molar-refractivity contribution in [2.45, 2.75) is 18.2 Å². The monoisotopic (exact) mass is 348 g/mol. The lowest BCUT2D eigenvalue weighted by molar-refractivity contribution is 0.193. The third kappa shape index (κ3) is 3.44. The van der Waals surface area contributed by atoms with Crippen LogP contribution in [-0.2, 0) is 0 Å². The molecule has 0 spiro atoms. The molecule has 0 bridgehead atoms. The molecule has 1 N–H and O–H groups in total. The number of aliphatic hydroxyl groups is 1. The van der Waals surface area contributed by atoms with Gasteiger partial charge in [-0.1, -0.05) is 30.0 Å². The average Bonchev–Trinajstić information content (AvgIpc) is 3.01. The van der Waals surface area contributed by atoms with Gasteiger partial charge in [0, 0.05) is 5.75 Å². The Kier molecular flexibility index (Phi) is 4.86. The SMILES string of the molecule is Cc1cccc(-n2nnnc2SCC(O)c2c(F)cccc2F)c1. The van der Waals surface area contributed by atoms with Crippen molar-refractivity contribution in [3.05, 3.63) is 65.2 Å². The first-order valence-corrected chi connectivity index (χ1v) is 8.15. The van der Waals surface area contributed by atoms with Crippen molar-refractivity contribution in [3.8, 4) is 5.69 Å². The highest BCUT2D eigenvalue weighted by atomic mass is 32.2. The van der Waals surface area contributed by atoms with E-state index in [1.54, 1.807) is 0 Å². The van der Waals surface area contributed by atoms with Crippen molar-refractivity contribution in [2.24, 2.45) is 0 Å². The molecular weight excluding hydrogens is 334 g/mol. The minimum atomic E-state index is -1.31. The van der Waals surface area contributed by atoms with E-state index in [2.05, 4.69) is 15.5 Å². The summed E-state index contributed by atoms with van der Waals surface area (Å²) in [5, 5.41) is 22.0. The molecule has 8 heteroatoms. The zero-order valence-electron chi connectivity index (χ0n) is 12.7. The Morgan fingerprint density at radius 1 is 1.17 bits per heavy atom. The van der Waals surface area contributed by atoms with Crippen molar-refractivity contribution in [1.29, 1.82) is 0 Å². The molecule has 0 aliphatic rings. The molecule has 24 heavy (non-hydrogen) atoms. The molecule has 1 atom stereocenters. The molecule has 3 rings (SSSR count). The van der Waals surface area contributed by atoms with E-state index in [0.29, 0.717) is 5.16 Å². The number of thioether (sulfide) groups is 1. The van der Waals surface area contributed by atoms with Crippen molar-refractivity contribution < 1.29 is 13.9 Å². The molecule has 0 fully saturated rings. The molecule has 0 radical (unpaired) electrons. The van der Waals surface area contributed by atoms with Gasteiger partial charge in [0.05, 0.1) is 17.4 Å². The van der Waals surface area contributed by atoms with Crippen molar-refractivity contribution >= 4 is 11.8 Å². The quantitative estimate of drug-likeness (QED) is 0.718. The maximum absolute atomic E-state index is 13.7. The molecule has 3 aromatic rings. The average molecular weight is 348 g/mol. The van der Waals surface area contributed by atoms with E-state index in [1.807, 2.05) is 31.2 Å². The van der Waals surface area contributed by atoms with Crippen LogP contribution in [0.25, 0.3) is 5.69 Å². The van der Waals surface area contributed by atoms with Gasteiger partial charge in [0.25, 0.3) is 0 Å². The summed E-state index contributed by atoms with van der Waals surface area (Å²) in [6.07, 6.45) is -1.31. The Bertz CT molecular complexity index is 835. The fourth-order valence-electron chi connectivity index (χ4n) is 2.26. The minimum absolute atomic E-state index is 0.0179. The second kappa shape index (κ2) is 7.06. The molecule has 5 nitrogen and oxygen atoms in total. The number of aryl methyl sites for hydroxylation is 1. The van der Waals surface area contributed by atoms with Crippen LogP contribution < -0.4 is 0 Å². The van der Waals surface area contributed by atoms with Gasteiger partial charge in [-0.15, -0.1) is 5.10 Å². The van der Waals surface area contributed by atoms with Crippen LogP contribution in [0.4, 0.5) is 8.78 Å². The van der Waals surface area contributed by atoms with Gasteiger partial charge >= 0.3 is 0 Å². The smallest absolute Gasteiger partial charge is 0.214 e. The Morgan fingerprint density at radius 3 is 2.58 bits per heavy atom. The minimum Gasteiger partial charge on any atom is -0.387 e. The third-order valence-electron chi connectivity index (χ3n) is 3.39. The normalized spacial score (nSPS) is 12.3. The van der Waals surface area contributed by atoms with Gasteiger partial charge in [-0.3, -0.25) is 0 Å². The second-order valence-electron chi connectivity index (χ2n) is 5.17. The summed E-state index contributed by atoms with van der Waals surface area (Å²) in [4.78, 5) is 0. The first-order chi connectivity index (χ1) is 11.6. The van der Waals surface area contributed by atoms with Crippen molar-refractivity contribution in [1.82, 2.24) is 20.2 Å². The van der Waals surface area contributed by atoms with E-state index < -0.39 is 17.7 Å². The van der Waals surface area contributed by atoms with Gasteiger partial charge in [-0.25, -0.2) is 8.78 Å². The summed E-state index contributed by atoms with van der Waals surface area (Å²) < 4.78 is 28.9. The maximum atomic E-state index is 13.7. The zero-order valence-corrected chi connectivity index (χ0v) is 13.5. The Hall–Kier alpha value is -2.32. The van der Waals surface area contributed by atoms with Crippen LogP contribution in [-0.4, -0.2) is 31.1 Å². The van der Waals surface area contributed by atoms with E-state index in [0.717, 1.165) is 35.1 Å². The maximum Gasteiger partial charge on any atom is 0.214 e. The van der Waals surface area contributed by atoms with Gasteiger partial charge in [-0.2, -0.15) is 4.68 Å². The van der Waals surface area contributed by atoms with Gasteiger partial charge in [0.15, 0.2) is 0 Å². The van der Waals surface area contributed by atoms with E-state index in [1.165, 1.54) is 10.7 Å². The Morgan fingerprint density at radius 2 is 1.88 bits per heavy atom. The largest absolute Gasteiger partial charge is 0.387 e. The van der Waals surface area contributed by atoms with E-state index in [9.17, 15) is 13.9 Å². The Labute approximate surface area is 141 Å². The first-order valence-electron chi connectivity index (χ1n) is 7.16. The van der Waals surface area contributed by atoms with Gasteiger partial charge in [-0.05, 0) is 47.2 Å². The number of halogens is 2. The number of tetrazole rings is 1. The molecule has 0 aliphatic carbocycles. The molecule has 1 aromatic heterocycles. The van der Waals surface area contributed by atoms with E-state index in [-0.39, 0.29) is 11.3 Å². The molecule has 1 unspecified atom stereocenters. The highest BCUT2D eigenvalue weighted by Crippen LogP contribution is 2.27. The molecular formula is C16H14F2N4OS. The highest BCUT2D eigenvalue weighted by Gasteiger charge is 2.19. The molecule has 0 saturated carbocycles. The van der Waals surface area contributed by atoms with Crippen LogP contribution in [0.1, 0.15) is 17.2 Å². The second-order valence-corrected chi connectivity index (χ2v) is 6.16. The fourth-order valence-corrected chi connectivity index (χ4v) is 3.09. The third-order valence-corrected chi connectivity index (χ3v) is 4.39. The van der Waals surface area contributed by atoms with Crippen LogP contribution in [0, 0.1) is 18.6 Å². The van der Waals surface area contributed by atoms with Gasteiger partial charge in [0.1, 0.15) is 11.6 Å². The van der Waals surface area contributed by atoms with Gasteiger partial charge in [0.2, 0.25) is 5.16 Å². The van der Waals surface area contributed by atoms with Crippen LogP contribution in [0.3, 0.4) is 0 Å². The summed E-state index contributed by atoms with van der Waals surface area (Å²) >= 11 is 1.12. The molecule has 124 valence electrons. The zero-order chi connectivity index (χ0) is 17.1. The highest BCUT2D eigenvalue weighted by molar-refractivity contribution is 7.99. The topological polar surface area (TPSA) is 63.8 Å². The van der Waals surface area contributed by atoms with Crippen LogP contribution >= 0.6 is 11.8 Å². The van der Waals surface area contributed by atoms with Crippen molar-refractivity contribution in [3.63, 3.8) is 0 Å². The van der Waals surface area contributed by atoms with E-state index >= 15 is 0 Å². The number of hydrogen-bond acceptors (Lipinski definition) is 5. The number of benzene rings is 2. The molecule has 1 heterocycles. The number of aromatic nitrogens is 4. The predicted molar refractivity (Wildman–Crippen MR) is 85.9 cm³/mol. The van der Waals surface area contributed by atoms with Crippen LogP contribution in [0.2, 0.25) is 0 Å². The molecule has 0 saturated heterocycles. The van der Waals surface area contributed by atoms with Crippen molar-refractivity contribution in [2.75, 3.05) is 5.75 Å². The number of rotatable bonds is 5. The summed E-state index contributed by atoms with van der Waals surface area (Å²) in [7, 11) is 0. The number of hydrogen-bond donors (Lipinski definition) is 1. The lowest BCUT2D eigenvalue weighted by Crippen LogP contribution is -2.08. The molecule has 2 aromatic carbocycles. The first kappa shape index (κ1) is 16.5. The van der Waals surface area contributed by atoms with Gasteiger partial charge < -0.3 is 5.11 Å². The number of nitrogens with zero attached hydrogens (tertiary/aromatic N) is 4. The molecule has 0 aliphatic heterocycles. The van der Waals surface area contributed by atoms with Crippen LogP contribution in [0.15, 0.2) is 47.6 Å². The van der Waals surface area contributed by atoms with Crippen LogP contribution in [0.5, 0.6) is 0 Å². The summed E-state index contributed by atoms with van der Waals surface area (Å²) in [6, 6.07) is 11.1. The lowest BCUT2D eigenvalue weighted by atomic mass is 10.1.